The van der Waals surface area contributed by atoms with E-state index in [0.29, 0.717) is 0 Å². The highest BCUT2D eigenvalue weighted by Crippen LogP contribution is 2.33. The van der Waals surface area contributed by atoms with Gasteiger partial charge in [0.15, 0.2) is 24.8 Å². The van der Waals surface area contributed by atoms with Crippen LogP contribution in [0.15, 0.2) is 91.0 Å². The number of rotatable bonds is 40. The maximum atomic E-state index is 15.5. The largest absolute Gasteiger partial charge is 0.481 e. The van der Waals surface area contributed by atoms with Crippen molar-refractivity contribution in [3.63, 3.8) is 0 Å². The van der Waals surface area contributed by atoms with Crippen LogP contribution in [0, 0.1) is 5.92 Å². The molecule has 0 radical (unpaired) electrons. The lowest BCUT2D eigenvalue weighted by molar-refractivity contribution is -0.308. The molecular weight excluding hydrogens is 1610 g/mol. The number of nitrogens with one attached hydrogen (secondary N) is 9. The first kappa shape index (κ1) is 97.9. The van der Waals surface area contributed by atoms with Gasteiger partial charge in [0.1, 0.15) is 97.5 Å². The van der Waals surface area contributed by atoms with Gasteiger partial charge in [0.25, 0.3) is 0 Å². The summed E-state index contributed by atoms with van der Waals surface area (Å²) in [6, 6.07) is 3.16. The topological polar surface area (TPSA) is 620 Å². The lowest BCUT2D eigenvalue weighted by atomic mass is 9.95. The Morgan fingerprint density at radius 2 is 0.910 bits per heavy atom. The third kappa shape index (κ3) is 26.6. The van der Waals surface area contributed by atoms with Crippen LogP contribution in [0.1, 0.15) is 145 Å². The number of hydrogen-bond acceptors (Lipinski definition) is 29. The summed E-state index contributed by atoms with van der Waals surface area (Å²) in [4.78, 5) is 223. The molecule has 7 rings (SSSR count). The van der Waals surface area contributed by atoms with E-state index in [9.17, 15) is 98.1 Å². The Hall–Kier alpha value is -11.2. The van der Waals surface area contributed by atoms with Crippen LogP contribution in [-0.4, -0.2) is 313 Å². The summed E-state index contributed by atoms with van der Waals surface area (Å²) in [5.74, 6) is -17.7. The molecule has 4 aliphatic rings. The van der Waals surface area contributed by atoms with Crippen molar-refractivity contribution in [1.29, 1.82) is 0 Å². The molecule has 0 saturated carbocycles. The summed E-state index contributed by atoms with van der Waals surface area (Å²) in [5, 5.41) is 98.9. The number of nitrogens with two attached hydrogens (primary N) is 1. The SMILES string of the molecule is CC[C@H](C)[C@H](NC(=O)[C@@H]1CCCN1C(=O)[C@@H](NC(=O)[C@@H](NC(=O)[C@@H](NC(=O)[C@@H]1CCCN1C(=O)[C@H](CCC(=O)O)NC(C)=O)[C@@H](C)O)[C@@H](C)O[C@H]1O[C@H](CO[C@@H]2O[C@H](COC(=O)c3ccccc3)[C@H](OC(=O)c3ccccc3)[C@H](OC(=O)c3ccccc3)[C@H]2NC(C)=O)[C@H](O)[C@H](O)[C@H]1NC(C)=O)[C@@H](C)O)C(=O)N[C@H](C(=O)N[C@H](C(N)=O)[C@@H](C)O)[C@@H](C)O. The summed E-state index contributed by atoms with van der Waals surface area (Å²) in [6.07, 6.45) is -25.1. The summed E-state index contributed by atoms with van der Waals surface area (Å²) in [5.41, 5.74) is 5.37. The zero-order chi connectivity index (χ0) is 90.3. The van der Waals surface area contributed by atoms with E-state index in [1.165, 1.54) is 60.7 Å². The summed E-state index contributed by atoms with van der Waals surface area (Å²) < 4.78 is 43.4. The Morgan fingerprint density at radius 1 is 0.484 bits per heavy atom. The molecule has 12 amide bonds. The van der Waals surface area contributed by atoms with Crippen molar-refractivity contribution in [2.75, 3.05) is 26.3 Å². The number of amides is 12. The fourth-order valence-corrected chi connectivity index (χ4v) is 14.2. The van der Waals surface area contributed by atoms with E-state index in [-0.39, 0.29) is 61.9 Å². The van der Waals surface area contributed by atoms with Crippen molar-refractivity contribution >= 4 is 94.8 Å². The van der Waals surface area contributed by atoms with Crippen molar-refractivity contribution in [2.24, 2.45) is 11.7 Å². The van der Waals surface area contributed by atoms with E-state index in [2.05, 4.69) is 47.9 Å². The van der Waals surface area contributed by atoms with Crippen molar-refractivity contribution in [3.8, 4) is 0 Å². The molecule has 670 valence electrons. The number of carboxylic acids is 1. The van der Waals surface area contributed by atoms with Gasteiger partial charge >= 0.3 is 23.9 Å². The number of primary amides is 1. The summed E-state index contributed by atoms with van der Waals surface area (Å²) in [7, 11) is 0. The van der Waals surface area contributed by atoms with Crippen LogP contribution in [0.3, 0.4) is 0 Å². The third-order valence-corrected chi connectivity index (χ3v) is 20.9. The van der Waals surface area contributed by atoms with Gasteiger partial charge in [-0.05, 0) is 109 Å². The standard InChI is InChI=1S/C80H110N12O30/c1-11-37(2)55(70(107)88-58(40(5)95)71(108)86-56(38(3)93)67(81)104)85-68(105)51-30-22-34-92(51)75(112)59(41(6)96)89-73(110)60(90-72(109)57(39(4)94)87-69(106)50-29-21-33-91(50)74(111)49(82-43(8)97)31-32-54(100)101)42(7)118-80-61(83-44(9)98)64(103)63(102)52(119-80)35-117-79-62(84-45(10)99)66(122-78(115)48-27-19-14-20-28-48)65(121-77(114)47-25-17-13-18-26-47)53(120-79)36-116-76(113)46-23-15-12-16-24-46/h12-20,23-28,37-42,49-53,55-66,79-80,93-96,102-103H,11,21-22,29-36H2,1-10H3,(H2,81,104)(H,82,97)(H,83,98)(H,84,99)(H,85,105)(H,86,108)(H,87,106)(H,88,107)(H,89,110)(H,90,109)(H,100,101)/t37-,38+,39+,40+,41+,42+,49-,50-,51-,52+,53+,55-,56-,57-,58-,59-,60-,61+,62+,63-,64+,65-,66+,79+,80-/m0/s1. The number of likely N-dealkylation sites (tertiary alicyclic amines) is 2. The van der Waals surface area contributed by atoms with Gasteiger partial charge in [0.2, 0.25) is 70.9 Å². The second kappa shape index (κ2) is 45.6. The van der Waals surface area contributed by atoms with E-state index in [1.54, 1.807) is 44.2 Å². The molecule has 0 aromatic heterocycles. The number of aliphatic hydroxyl groups excluding tert-OH is 6. The fraction of sp³-hybridized carbons (Fsp3) is 0.575. The minimum Gasteiger partial charge on any atom is -0.481 e. The van der Waals surface area contributed by atoms with Gasteiger partial charge in [0.05, 0.1) is 53.8 Å². The van der Waals surface area contributed by atoms with Crippen LogP contribution in [0.4, 0.5) is 0 Å². The number of aliphatic hydroxyl groups is 6. The molecule has 4 aliphatic heterocycles. The Balaban J connectivity index is 1.24. The highest BCUT2D eigenvalue weighted by atomic mass is 16.7. The van der Waals surface area contributed by atoms with Crippen LogP contribution in [0.25, 0.3) is 0 Å². The highest BCUT2D eigenvalue weighted by molar-refractivity contribution is 6.00. The second-order valence-electron chi connectivity index (χ2n) is 30.4. The lowest BCUT2D eigenvalue weighted by Gasteiger charge is -2.46. The Morgan fingerprint density at radius 3 is 1.39 bits per heavy atom. The zero-order valence-corrected chi connectivity index (χ0v) is 68.9. The molecule has 4 heterocycles. The molecule has 3 aromatic carbocycles. The lowest BCUT2D eigenvalue weighted by Crippen LogP contribution is -2.68. The van der Waals surface area contributed by atoms with E-state index < -0.39 is 273 Å². The smallest absolute Gasteiger partial charge is 0.338 e. The molecule has 4 fully saturated rings. The average Bonchev–Trinajstić information content (AvgIpc) is 0.872. The van der Waals surface area contributed by atoms with Crippen molar-refractivity contribution < 1.29 is 146 Å². The number of esters is 3. The molecule has 42 heteroatoms. The highest BCUT2D eigenvalue weighted by Gasteiger charge is 2.55. The number of hydrogen-bond donors (Lipinski definition) is 17. The summed E-state index contributed by atoms with van der Waals surface area (Å²) >= 11 is 0. The van der Waals surface area contributed by atoms with E-state index >= 15 is 14.4 Å². The van der Waals surface area contributed by atoms with Crippen LogP contribution >= 0.6 is 0 Å². The minimum atomic E-state index is -2.28. The number of carbonyl (C=O) groups is 16. The Bertz CT molecular complexity index is 4170. The zero-order valence-electron chi connectivity index (χ0n) is 68.9. The number of ether oxygens (including phenoxy) is 7. The maximum absolute atomic E-state index is 15.5. The van der Waals surface area contributed by atoms with Crippen LogP contribution in [0.5, 0.6) is 0 Å². The normalized spacial score (nSPS) is 24.5. The monoisotopic (exact) mass is 1720 g/mol. The van der Waals surface area contributed by atoms with E-state index in [4.69, 9.17) is 38.9 Å². The predicted octanol–water partition coefficient (Wildman–Crippen LogP) is -4.79. The fourth-order valence-electron chi connectivity index (χ4n) is 14.2. The third-order valence-electron chi connectivity index (χ3n) is 20.9. The van der Waals surface area contributed by atoms with Crippen LogP contribution < -0.4 is 53.6 Å². The van der Waals surface area contributed by atoms with Gasteiger partial charge in [-0.25, -0.2) is 14.4 Å². The van der Waals surface area contributed by atoms with E-state index in [1.807, 2.05) is 0 Å². The molecule has 122 heavy (non-hydrogen) atoms. The molecule has 3 aromatic rings. The van der Waals surface area contributed by atoms with Gasteiger partial charge in [-0.2, -0.15) is 0 Å². The molecule has 25 atom stereocenters. The Labute approximate surface area is 701 Å². The van der Waals surface area contributed by atoms with Crippen molar-refractivity contribution in [1.82, 2.24) is 57.7 Å². The molecule has 18 N–H and O–H groups in total. The molecule has 0 aliphatic carbocycles. The van der Waals surface area contributed by atoms with Gasteiger partial charge in [0, 0.05) is 40.3 Å². The molecule has 4 saturated heterocycles. The van der Waals surface area contributed by atoms with Crippen LogP contribution in [0.2, 0.25) is 0 Å². The second-order valence-corrected chi connectivity index (χ2v) is 30.4. The van der Waals surface area contributed by atoms with Crippen LogP contribution in [-0.2, 0) is 95.5 Å². The average molecular weight is 1720 g/mol. The van der Waals surface area contributed by atoms with E-state index in [0.717, 1.165) is 65.2 Å². The number of carbonyl (C=O) groups excluding carboxylic acids is 15. The number of carboxylic acid groups (broad SMARTS) is 1. The quantitative estimate of drug-likeness (QED) is 0.0188. The Kier molecular flexibility index (Phi) is 36.6. The van der Waals surface area contributed by atoms with Gasteiger partial charge in [-0.3, -0.25) is 62.3 Å². The first-order valence-corrected chi connectivity index (χ1v) is 39.8. The van der Waals surface area contributed by atoms with Crippen molar-refractivity contribution in [2.45, 2.75) is 260 Å². The minimum absolute atomic E-state index is 0.0104. The molecular formula is C80H110N12O30. The first-order valence-electron chi connectivity index (χ1n) is 39.8. The number of nitrogens with zero attached hydrogens (tertiary/aromatic N) is 2. The molecule has 42 nitrogen and oxygen atoms in total. The number of benzene rings is 3. The summed E-state index contributed by atoms with van der Waals surface area (Å²) in [6.45, 7) is 9.74. The molecule has 0 bridgehead atoms. The maximum Gasteiger partial charge on any atom is 0.338 e. The van der Waals surface area contributed by atoms with Gasteiger partial charge in [-0.1, -0.05) is 74.9 Å². The van der Waals surface area contributed by atoms with Crippen molar-refractivity contribution in [3.05, 3.63) is 108 Å². The molecule has 0 spiro atoms. The van der Waals surface area contributed by atoms with Gasteiger partial charge in [-0.15, -0.1) is 0 Å². The predicted molar refractivity (Wildman–Crippen MR) is 420 cm³/mol. The number of aliphatic carboxylic acids is 1. The molecule has 0 unspecified atom stereocenters. The first-order chi connectivity index (χ1) is 57.6. The van der Waals surface area contributed by atoms with Gasteiger partial charge < -0.3 is 132 Å².